The molecule has 0 aromatic rings. The molecule has 1 saturated heterocycles. The third-order valence-electron chi connectivity index (χ3n) is 4.33. The van der Waals surface area contributed by atoms with Crippen LogP contribution in [0.5, 0.6) is 0 Å². The van der Waals surface area contributed by atoms with E-state index in [1.165, 1.54) is 0 Å². The van der Waals surface area contributed by atoms with Crippen molar-refractivity contribution >= 4 is 0 Å². The Morgan fingerprint density at radius 2 is 1.25 bits per heavy atom. The van der Waals surface area contributed by atoms with E-state index in [-0.39, 0.29) is 0 Å². The van der Waals surface area contributed by atoms with Gasteiger partial charge in [0.15, 0.2) is 0 Å². The average Bonchev–Trinajstić information content (AvgIpc) is 2.48. The molecule has 0 radical (unpaired) electrons. The van der Waals surface area contributed by atoms with Gasteiger partial charge in [-0.2, -0.15) is 10.5 Å². The van der Waals surface area contributed by atoms with Crippen LogP contribution in [0.1, 0.15) is 52.4 Å². The minimum absolute atomic E-state index is 0.610. The first-order valence-electron chi connectivity index (χ1n) is 7.98. The maximum Gasteiger partial charge on any atom is 0.0622 e. The van der Waals surface area contributed by atoms with Crippen molar-refractivity contribution in [2.75, 3.05) is 26.2 Å². The Morgan fingerprint density at radius 1 is 0.850 bits per heavy atom. The van der Waals surface area contributed by atoms with E-state index in [1.54, 1.807) is 0 Å². The fourth-order valence-electron chi connectivity index (χ4n) is 3.12. The number of rotatable bonds is 8. The molecule has 0 aliphatic carbocycles. The average molecular weight is 276 g/mol. The summed E-state index contributed by atoms with van der Waals surface area (Å²) in [5.74, 6) is 0. The molecule has 0 bridgehead atoms. The van der Waals surface area contributed by atoms with Crippen molar-refractivity contribution in [2.24, 2.45) is 0 Å². The van der Waals surface area contributed by atoms with Gasteiger partial charge in [0, 0.05) is 38.0 Å². The van der Waals surface area contributed by atoms with Crippen LogP contribution in [0.4, 0.5) is 0 Å². The summed E-state index contributed by atoms with van der Waals surface area (Å²) >= 11 is 0. The number of unbranched alkanes of at least 4 members (excludes halogenated alkanes) is 2. The lowest BCUT2D eigenvalue weighted by molar-refractivity contribution is 0.0239. The Hall–Kier alpha value is -1.10. The Morgan fingerprint density at radius 3 is 1.55 bits per heavy atom. The van der Waals surface area contributed by atoms with Crippen molar-refractivity contribution in [3.8, 4) is 12.1 Å². The predicted molar refractivity (Wildman–Crippen MR) is 81.0 cm³/mol. The van der Waals surface area contributed by atoms with E-state index in [2.05, 4.69) is 35.8 Å². The third kappa shape index (κ3) is 5.12. The van der Waals surface area contributed by atoms with Gasteiger partial charge in [-0.1, -0.05) is 13.8 Å². The first-order chi connectivity index (χ1) is 9.76. The van der Waals surface area contributed by atoms with Crippen LogP contribution in [0.15, 0.2) is 0 Å². The third-order valence-corrected chi connectivity index (χ3v) is 4.33. The summed E-state index contributed by atoms with van der Waals surface area (Å²) in [6.45, 7) is 8.84. The van der Waals surface area contributed by atoms with E-state index in [1.807, 2.05) is 0 Å². The molecule has 1 aliphatic rings. The molecule has 2 atom stereocenters. The number of piperazine rings is 1. The standard InChI is InChI=1S/C16H28N4/c1-3-15-13-20(12-8-6-10-18)16(4-2)14-19(15)11-7-5-9-17/h15-16H,3-8,11-14H2,1-2H3. The fourth-order valence-corrected chi connectivity index (χ4v) is 3.12. The van der Waals surface area contributed by atoms with Crippen LogP contribution in [-0.2, 0) is 0 Å². The molecule has 0 amide bonds. The quantitative estimate of drug-likeness (QED) is 0.640. The van der Waals surface area contributed by atoms with E-state index in [0.29, 0.717) is 24.9 Å². The van der Waals surface area contributed by atoms with Gasteiger partial charge in [0.2, 0.25) is 0 Å². The van der Waals surface area contributed by atoms with Crippen LogP contribution >= 0.6 is 0 Å². The molecule has 112 valence electrons. The maximum atomic E-state index is 8.68. The predicted octanol–water partition coefficient (Wildman–Crippen LogP) is 2.77. The zero-order valence-corrected chi connectivity index (χ0v) is 13.0. The maximum absolute atomic E-state index is 8.68. The number of hydrogen-bond donors (Lipinski definition) is 0. The zero-order valence-electron chi connectivity index (χ0n) is 13.0. The molecule has 0 saturated carbocycles. The molecule has 1 heterocycles. The van der Waals surface area contributed by atoms with Crippen molar-refractivity contribution in [1.82, 2.24) is 9.80 Å². The van der Waals surface area contributed by atoms with Gasteiger partial charge in [0.25, 0.3) is 0 Å². The lowest BCUT2D eigenvalue weighted by atomic mass is 10.0. The first-order valence-corrected chi connectivity index (χ1v) is 7.98. The summed E-state index contributed by atoms with van der Waals surface area (Å²) in [4.78, 5) is 5.15. The van der Waals surface area contributed by atoms with Crippen molar-refractivity contribution < 1.29 is 0 Å². The normalized spacial score (nSPS) is 24.2. The lowest BCUT2D eigenvalue weighted by Crippen LogP contribution is -2.58. The van der Waals surface area contributed by atoms with Crippen LogP contribution in [-0.4, -0.2) is 48.1 Å². The second kappa shape index (κ2) is 9.75. The molecule has 0 aromatic carbocycles. The van der Waals surface area contributed by atoms with Gasteiger partial charge in [-0.05, 0) is 38.8 Å². The summed E-state index contributed by atoms with van der Waals surface area (Å²) in [5, 5.41) is 17.4. The minimum atomic E-state index is 0.610. The first kappa shape index (κ1) is 17.0. The van der Waals surface area contributed by atoms with Crippen LogP contribution in [0.3, 0.4) is 0 Å². The Kier molecular flexibility index (Phi) is 8.26. The highest BCUT2D eigenvalue weighted by Crippen LogP contribution is 2.20. The summed E-state index contributed by atoms with van der Waals surface area (Å²) in [6.07, 6.45) is 5.62. The Balaban J connectivity index is 2.53. The fraction of sp³-hybridized carbons (Fsp3) is 0.875. The van der Waals surface area contributed by atoms with Gasteiger partial charge < -0.3 is 0 Å². The number of nitriles is 2. The molecule has 4 heteroatoms. The van der Waals surface area contributed by atoms with Crippen molar-refractivity contribution in [2.45, 2.75) is 64.5 Å². The molecule has 20 heavy (non-hydrogen) atoms. The van der Waals surface area contributed by atoms with Crippen LogP contribution in [0.25, 0.3) is 0 Å². The molecule has 0 spiro atoms. The van der Waals surface area contributed by atoms with Crippen molar-refractivity contribution in [3.05, 3.63) is 0 Å². The number of hydrogen-bond acceptors (Lipinski definition) is 4. The van der Waals surface area contributed by atoms with Gasteiger partial charge in [-0.3, -0.25) is 9.80 Å². The largest absolute Gasteiger partial charge is 0.298 e. The SMILES string of the molecule is CCC1CN(CCCC#N)C(CC)CN1CCCC#N. The topological polar surface area (TPSA) is 54.1 Å². The molecule has 1 aliphatic heterocycles. The second-order valence-corrected chi connectivity index (χ2v) is 5.64. The van der Waals surface area contributed by atoms with Crippen molar-refractivity contribution in [1.29, 1.82) is 10.5 Å². The molecular weight excluding hydrogens is 248 g/mol. The van der Waals surface area contributed by atoms with E-state index in [0.717, 1.165) is 51.9 Å². The van der Waals surface area contributed by atoms with Crippen LogP contribution in [0, 0.1) is 22.7 Å². The van der Waals surface area contributed by atoms with Gasteiger partial charge in [-0.15, -0.1) is 0 Å². The summed E-state index contributed by atoms with van der Waals surface area (Å²) < 4.78 is 0. The second-order valence-electron chi connectivity index (χ2n) is 5.64. The highest BCUT2D eigenvalue weighted by molar-refractivity contribution is 4.88. The molecule has 0 aromatic heterocycles. The molecule has 1 fully saturated rings. The van der Waals surface area contributed by atoms with Crippen LogP contribution in [0.2, 0.25) is 0 Å². The molecular formula is C16H28N4. The number of nitrogens with zero attached hydrogens (tertiary/aromatic N) is 4. The van der Waals surface area contributed by atoms with Gasteiger partial charge in [0.1, 0.15) is 0 Å². The summed E-state index contributed by atoms with van der Waals surface area (Å²) in [5.41, 5.74) is 0. The van der Waals surface area contributed by atoms with Gasteiger partial charge in [-0.25, -0.2) is 0 Å². The molecule has 2 unspecified atom stereocenters. The highest BCUT2D eigenvalue weighted by Gasteiger charge is 2.31. The monoisotopic (exact) mass is 276 g/mol. The smallest absolute Gasteiger partial charge is 0.0622 e. The van der Waals surface area contributed by atoms with E-state index in [4.69, 9.17) is 10.5 Å². The molecule has 4 nitrogen and oxygen atoms in total. The van der Waals surface area contributed by atoms with E-state index >= 15 is 0 Å². The molecule has 0 N–H and O–H groups in total. The van der Waals surface area contributed by atoms with Gasteiger partial charge >= 0.3 is 0 Å². The van der Waals surface area contributed by atoms with E-state index in [9.17, 15) is 0 Å². The summed E-state index contributed by atoms with van der Waals surface area (Å²) in [6, 6.07) is 5.70. The van der Waals surface area contributed by atoms with E-state index < -0.39 is 0 Å². The summed E-state index contributed by atoms with van der Waals surface area (Å²) in [7, 11) is 0. The molecule has 1 rings (SSSR count). The van der Waals surface area contributed by atoms with Crippen molar-refractivity contribution in [3.63, 3.8) is 0 Å². The Bertz CT molecular complexity index is 307. The van der Waals surface area contributed by atoms with Crippen LogP contribution < -0.4 is 0 Å². The zero-order chi connectivity index (χ0) is 14.8. The Labute approximate surface area is 124 Å². The minimum Gasteiger partial charge on any atom is -0.298 e. The van der Waals surface area contributed by atoms with Gasteiger partial charge in [0.05, 0.1) is 12.1 Å². The lowest BCUT2D eigenvalue weighted by Gasteiger charge is -2.46. The highest BCUT2D eigenvalue weighted by atomic mass is 15.3.